The van der Waals surface area contributed by atoms with Crippen LogP contribution in [0.2, 0.25) is 0 Å². The minimum absolute atomic E-state index is 0.447. The van der Waals surface area contributed by atoms with Crippen molar-refractivity contribution in [2.45, 2.75) is 6.92 Å². The first kappa shape index (κ1) is 12.6. The van der Waals surface area contributed by atoms with Gasteiger partial charge in [-0.2, -0.15) is 0 Å². The molecule has 1 amide bonds. The largest absolute Gasteiger partial charge is 0.439 e. The van der Waals surface area contributed by atoms with Gasteiger partial charge in [-0.1, -0.05) is 0 Å². The highest BCUT2D eigenvalue weighted by Crippen LogP contribution is 2.23. The summed E-state index contributed by atoms with van der Waals surface area (Å²) in [7, 11) is 0. The maximum atomic E-state index is 10.9. The average Bonchev–Trinajstić information content (AvgIpc) is 2.34. The van der Waals surface area contributed by atoms with Crippen LogP contribution in [0.3, 0.4) is 0 Å². The summed E-state index contributed by atoms with van der Waals surface area (Å²) in [6, 6.07) is 8.41. The van der Waals surface area contributed by atoms with Crippen molar-refractivity contribution in [1.82, 2.24) is 4.98 Å². The Labute approximate surface area is 113 Å². The average molecular weight is 307 g/mol. The number of hydrogen-bond donors (Lipinski definition) is 1. The van der Waals surface area contributed by atoms with Crippen molar-refractivity contribution < 1.29 is 9.53 Å². The Hall–Kier alpha value is -1.88. The van der Waals surface area contributed by atoms with Crippen molar-refractivity contribution in [2.75, 3.05) is 0 Å². The molecule has 0 spiro atoms. The summed E-state index contributed by atoms with van der Waals surface area (Å²) in [5, 5.41) is 0. The number of carbonyl (C=O) groups is 1. The van der Waals surface area contributed by atoms with Gasteiger partial charge in [0.1, 0.15) is 5.75 Å². The number of aryl methyl sites for hydroxylation is 1. The molecule has 0 aliphatic heterocycles. The van der Waals surface area contributed by atoms with Gasteiger partial charge in [0.15, 0.2) is 0 Å². The van der Waals surface area contributed by atoms with Crippen LogP contribution >= 0.6 is 15.9 Å². The van der Waals surface area contributed by atoms with Crippen molar-refractivity contribution >= 4 is 21.8 Å². The Morgan fingerprint density at radius 1 is 1.33 bits per heavy atom. The van der Waals surface area contributed by atoms with Gasteiger partial charge in [0.2, 0.25) is 11.8 Å². The lowest BCUT2D eigenvalue weighted by Crippen LogP contribution is -2.10. The van der Waals surface area contributed by atoms with E-state index >= 15 is 0 Å². The Balaban J connectivity index is 2.18. The van der Waals surface area contributed by atoms with Crippen molar-refractivity contribution in [2.24, 2.45) is 5.73 Å². The number of rotatable bonds is 3. The zero-order valence-electron chi connectivity index (χ0n) is 9.68. The molecule has 0 aliphatic rings. The van der Waals surface area contributed by atoms with Gasteiger partial charge in [-0.3, -0.25) is 4.79 Å². The molecule has 0 saturated heterocycles. The minimum Gasteiger partial charge on any atom is -0.439 e. The Morgan fingerprint density at radius 3 is 2.56 bits per heavy atom. The molecule has 5 heteroatoms. The van der Waals surface area contributed by atoms with E-state index in [1.807, 2.05) is 13.0 Å². The smallest absolute Gasteiger partial charge is 0.248 e. The number of amides is 1. The summed E-state index contributed by atoms with van der Waals surface area (Å²) >= 11 is 3.37. The molecule has 0 saturated carbocycles. The van der Waals surface area contributed by atoms with Crippen LogP contribution in [0.1, 0.15) is 15.9 Å². The standard InChI is InChI=1S/C13H11BrN2O2/c1-8-6-12(16-7-11(8)14)18-10-4-2-9(3-5-10)13(15)17/h2-7H,1H3,(H2,15,17). The Bertz CT molecular complexity index is 582. The first-order valence-corrected chi connectivity index (χ1v) is 6.05. The van der Waals surface area contributed by atoms with Gasteiger partial charge in [-0.25, -0.2) is 4.98 Å². The van der Waals surface area contributed by atoms with Gasteiger partial charge in [0, 0.05) is 22.3 Å². The molecule has 0 bridgehead atoms. The lowest BCUT2D eigenvalue weighted by Gasteiger charge is -2.06. The SMILES string of the molecule is Cc1cc(Oc2ccc(C(N)=O)cc2)ncc1Br. The van der Waals surface area contributed by atoms with E-state index < -0.39 is 5.91 Å². The predicted molar refractivity (Wildman–Crippen MR) is 71.7 cm³/mol. The molecule has 0 fully saturated rings. The molecule has 1 aromatic carbocycles. The molecular formula is C13H11BrN2O2. The second-order valence-electron chi connectivity index (χ2n) is 3.76. The topological polar surface area (TPSA) is 65.2 Å². The van der Waals surface area contributed by atoms with Crippen molar-refractivity contribution in [3.8, 4) is 11.6 Å². The van der Waals surface area contributed by atoms with E-state index in [9.17, 15) is 4.79 Å². The van der Waals surface area contributed by atoms with Crippen LogP contribution in [-0.4, -0.2) is 10.9 Å². The maximum Gasteiger partial charge on any atom is 0.248 e. The van der Waals surface area contributed by atoms with E-state index in [1.165, 1.54) is 0 Å². The number of halogens is 1. The number of nitrogens with two attached hydrogens (primary N) is 1. The summed E-state index contributed by atoms with van der Waals surface area (Å²) in [5.41, 5.74) is 6.64. The van der Waals surface area contributed by atoms with Gasteiger partial charge in [-0.15, -0.1) is 0 Å². The van der Waals surface area contributed by atoms with Gasteiger partial charge in [-0.05, 0) is 52.7 Å². The van der Waals surface area contributed by atoms with Crippen LogP contribution in [0.25, 0.3) is 0 Å². The fourth-order valence-corrected chi connectivity index (χ4v) is 1.59. The van der Waals surface area contributed by atoms with Crippen molar-refractivity contribution in [1.29, 1.82) is 0 Å². The summed E-state index contributed by atoms with van der Waals surface area (Å²) < 4.78 is 6.49. The zero-order valence-corrected chi connectivity index (χ0v) is 11.3. The van der Waals surface area contributed by atoms with Crippen LogP contribution < -0.4 is 10.5 Å². The highest BCUT2D eigenvalue weighted by Gasteiger charge is 2.03. The fraction of sp³-hybridized carbons (Fsp3) is 0.0769. The number of benzene rings is 1. The third kappa shape index (κ3) is 2.87. The Morgan fingerprint density at radius 2 is 2.00 bits per heavy atom. The van der Waals surface area contributed by atoms with Gasteiger partial charge in [0.25, 0.3) is 0 Å². The molecule has 2 aromatic rings. The number of carbonyl (C=O) groups excluding carboxylic acids is 1. The summed E-state index contributed by atoms with van der Waals surface area (Å²) in [6.07, 6.45) is 1.68. The van der Waals surface area contributed by atoms with E-state index in [1.54, 1.807) is 30.5 Å². The van der Waals surface area contributed by atoms with Crippen LogP contribution in [-0.2, 0) is 0 Å². The number of nitrogens with zero attached hydrogens (tertiary/aromatic N) is 1. The maximum absolute atomic E-state index is 10.9. The second-order valence-corrected chi connectivity index (χ2v) is 4.62. The van der Waals surface area contributed by atoms with Gasteiger partial charge >= 0.3 is 0 Å². The molecule has 2 N–H and O–H groups in total. The van der Waals surface area contributed by atoms with Gasteiger partial charge < -0.3 is 10.5 Å². The first-order valence-electron chi connectivity index (χ1n) is 5.26. The van der Waals surface area contributed by atoms with Gasteiger partial charge in [0.05, 0.1) is 0 Å². The molecule has 0 atom stereocenters. The number of aromatic nitrogens is 1. The summed E-state index contributed by atoms with van der Waals surface area (Å²) in [6.45, 7) is 1.95. The highest BCUT2D eigenvalue weighted by molar-refractivity contribution is 9.10. The number of hydrogen-bond acceptors (Lipinski definition) is 3. The van der Waals surface area contributed by atoms with E-state index in [2.05, 4.69) is 20.9 Å². The quantitative estimate of drug-likeness (QED) is 0.948. The van der Waals surface area contributed by atoms with Crippen molar-refractivity contribution in [3.63, 3.8) is 0 Å². The van der Waals surface area contributed by atoms with Crippen LogP contribution in [0.5, 0.6) is 11.6 Å². The molecule has 0 unspecified atom stereocenters. The molecule has 0 radical (unpaired) electrons. The fourth-order valence-electron chi connectivity index (χ4n) is 1.38. The third-order valence-corrected chi connectivity index (χ3v) is 3.21. The molecule has 1 aromatic heterocycles. The van der Waals surface area contributed by atoms with Crippen molar-refractivity contribution in [3.05, 3.63) is 52.1 Å². The third-order valence-electron chi connectivity index (χ3n) is 2.38. The predicted octanol–water partition coefficient (Wildman–Crippen LogP) is 3.04. The zero-order chi connectivity index (χ0) is 13.1. The highest BCUT2D eigenvalue weighted by atomic mass is 79.9. The first-order chi connectivity index (χ1) is 8.56. The van der Waals surface area contributed by atoms with E-state index in [0.717, 1.165) is 10.0 Å². The normalized spacial score (nSPS) is 10.1. The van der Waals surface area contributed by atoms with Crippen LogP contribution in [0.15, 0.2) is 41.0 Å². The summed E-state index contributed by atoms with van der Waals surface area (Å²) in [4.78, 5) is 15.0. The molecule has 1 heterocycles. The lowest BCUT2D eigenvalue weighted by molar-refractivity contribution is 0.100. The number of ether oxygens (including phenoxy) is 1. The monoisotopic (exact) mass is 306 g/mol. The van der Waals surface area contributed by atoms with E-state index in [0.29, 0.717) is 17.2 Å². The van der Waals surface area contributed by atoms with E-state index in [-0.39, 0.29) is 0 Å². The van der Waals surface area contributed by atoms with E-state index in [4.69, 9.17) is 10.5 Å². The molecule has 0 aliphatic carbocycles. The lowest BCUT2D eigenvalue weighted by atomic mass is 10.2. The second kappa shape index (κ2) is 5.18. The molecule has 4 nitrogen and oxygen atoms in total. The molecule has 2 rings (SSSR count). The summed E-state index contributed by atoms with van der Waals surface area (Å²) in [5.74, 6) is 0.649. The Kier molecular flexibility index (Phi) is 3.62. The van der Waals surface area contributed by atoms with Crippen LogP contribution in [0, 0.1) is 6.92 Å². The molecule has 92 valence electrons. The number of primary amides is 1. The molecule has 18 heavy (non-hydrogen) atoms. The molecular weight excluding hydrogens is 296 g/mol. The van der Waals surface area contributed by atoms with Crippen LogP contribution in [0.4, 0.5) is 0 Å². The minimum atomic E-state index is -0.459. The number of pyridine rings is 1.